The quantitative estimate of drug-likeness (QED) is 0.844. The molecule has 1 aromatic rings. The fraction of sp³-hybridized carbons (Fsp3) is 0.588. The van der Waals surface area contributed by atoms with E-state index in [-0.39, 0.29) is 29.1 Å². The van der Waals surface area contributed by atoms with E-state index >= 15 is 0 Å². The Labute approximate surface area is 148 Å². The molecule has 0 radical (unpaired) electrons. The standard InChI is InChI=1S/C17H24N2O5S/c1-24-15-7-6-14(19-9-3-5-17(19)21)10-16(15)25(22,23)18-8-2-4-13(11-18)12-20/h6-7,10,13,20H,2-5,8-9,11-12H2,1H3. The highest BCUT2D eigenvalue weighted by atomic mass is 32.2. The van der Waals surface area contributed by atoms with Gasteiger partial charge in [0.05, 0.1) is 7.11 Å². The highest BCUT2D eigenvalue weighted by Gasteiger charge is 2.33. The van der Waals surface area contributed by atoms with Gasteiger partial charge < -0.3 is 14.7 Å². The first-order valence-corrected chi connectivity index (χ1v) is 10.0. The molecule has 0 aromatic heterocycles. The molecule has 1 unspecified atom stereocenters. The molecule has 1 atom stereocenters. The van der Waals surface area contributed by atoms with Crippen molar-refractivity contribution >= 4 is 21.6 Å². The maximum absolute atomic E-state index is 13.1. The summed E-state index contributed by atoms with van der Waals surface area (Å²) in [5.41, 5.74) is 0.581. The van der Waals surface area contributed by atoms with Crippen LogP contribution >= 0.6 is 0 Å². The van der Waals surface area contributed by atoms with Crippen LogP contribution in [0.15, 0.2) is 23.1 Å². The molecule has 138 valence electrons. The molecule has 2 fully saturated rings. The molecular weight excluding hydrogens is 344 g/mol. The molecule has 7 nitrogen and oxygen atoms in total. The molecule has 3 rings (SSSR count). The van der Waals surface area contributed by atoms with Gasteiger partial charge in [-0.15, -0.1) is 0 Å². The van der Waals surface area contributed by atoms with Crippen LogP contribution in [0.4, 0.5) is 5.69 Å². The van der Waals surface area contributed by atoms with E-state index in [2.05, 4.69) is 0 Å². The van der Waals surface area contributed by atoms with E-state index in [0.29, 0.717) is 31.7 Å². The Morgan fingerprint density at radius 2 is 2.08 bits per heavy atom. The van der Waals surface area contributed by atoms with Gasteiger partial charge in [0.25, 0.3) is 0 Å². The summed E-state index contributed by atoms with van der Waals surface area (Å²) in [5, 5.41) is 9.37. The number of sulfonamides is 1. The zero-order valence-electron chi connectivity index (χ0n) is 14.3. The van der Waals surface area contributed by atoms with Crippen LogP contribution in [0.5, 0.6) is 5.75 Å². The SMILES string of the molecule is COc1ccc(N2CCCC2=O)cc1S(=O)(=O)N1CCCC(CO)C1. The summed E-state index contributed by atoms with van der Waals surface area (Å²) in [4.78, 5) is 13.7. The number of methoxy groups -OCH3 is 1. The van der Waals surface area contributed by atoms with Gasteiger partial charge in [-0.05, 0) is 43.4 Å². The van der Waals surface area contributed by atoms with E-state index in [9.17, 15) is 18.3 Å². The number of aliphatic hydroxyl groups excluding tert-OH is 1. The largest absolute Gasteiger partial charge is 0.495 e. The van der Waals surface area contributed by atoms with E-state index in [1.54, 1.807) is 17.0 Å². The third-order valence-corrected chi connectivity index (χ3v) is 6.78. The molecule has 1 amide bonds. The van der Waals surface area contributed by atoms with Gasteiger partial charge in [0.1, 0.15) is 10.6 Å². The van der Waals surface area contributed by atoms with Gasteiger partial charge in [0.15, 0.2) is 0 Å². The number of piperidine rings is 1. The predicted octanol–water partition coefficient (Wildman–Crippen LogP) is 1.21. The molecule has 2 saturated heterocycles. The fourth-order valence-electron chi connectivity index (χ4n) is 3.49. The maximum atomic E-state index is 13.1. The van der Waals surface area contributed by atoms with E-state index < -0.39 is 10.0 Å². The molecule has 0 spiro atoms. The lowest BCUT2D eigenvalue weighted by atomic mass is 10.0. The Kier molecular flexibility index (Phi) is 5.31. The Balaban J connectivity index is 1.97. The van der Waals surface area contributed by atoms with Crippen LogP contribution in [0.1, 0.15) is 25.7 Å². The number of hydrogen-bond acceptors (Lipinski definition) is 5. The van der Waals surface area contributed by atoms with E-state index in [1.807, 2.05) is 0 Å². The molecule has 0 saturated carbocycles. The average Bonchev–Trinajstić information content (AvgIpc) is 3.07. The van der Waals surface area contributed by atoms with Crippen molar-refractivity contribution in [1.82, 2.24) is 4.31 Å². The molecule has 8 heteroatoms. The molecule has 0 bridgehead atoms. The van der Waals surface area contributed by atoms with Crippen molar-refractivity contribution in [2.45, 2.75) is 30.6 Å². The number of aliphatic hydroxyl groups is 1. The number of benzene rings is 1. The first kappa shape index (κ1) is 18.2. The number of amides is 1. The van der Waals surface area contributed by atoms with E-state index in [1.165, 1.54) is 17.5 Å². The Morgan fingerprint density at radius 1 is 1.28 bits per heavy atom. The van der Waals surface area contributed by atoms with Crippen molar-refractivity contribution in [3.63, 3.8) is 0 Å². The molecule has 0 aliphatic carbocycles. The zero-order chi connectivity index (χ0) is 18.0. The molecule has 1 aromatic carbocycles. The Hall–Kier alpha value is -1.64. The van der Waals surface area contributed by atoms with Crippen LogP contribution in [0.3, 0.4) is 0 Å². The molecule has 25 heavy (non-hydrogen) atoms. The summed E-state index contributed by atoms with van der Waals surface area (Å²) in [6.45, 7) is 1.30. The molecule has 2 heterocycles. The second-order valence-electron chi connectivity index (χ2n) is 6.54. The summed E-state index contributed by atoms with van der Waals surface area (Å²) in [5.74, 6) is 0.228. The summed E-state index contributed by atoms with van der Waals surface area (Å²) in [6.07, 6.45) is 2.80. The average molecular weight is 368 g/mol. The van der Waals surface area contributed by atoms with E-state index in [0.717, 1.165) is 19.3 Å². The molecule has 2 aliphatic rings. The van der Waals surface area contributed by atoms with Gasteiger partial charge in [-0.1, -0.05) is 0 Å². The maximum Gasteiger partial charge on any atom is 0.246 e. The topological polar surface area (TPSA) is 87.2 Å². The molecule has 2 aliphatic heterocycles. The Bertz CT molecular complexity index is 749. The van der Waals surface area contributed by atoms with Gasteiger partial charge in [-0.2, -0.15) is 4.31 Å². The van der Waals surface area contributed by atoms with Crippen molar-refractivity contribution in [2.24, 2.45) is 5.92 Å². The minimum atomic E-state index is -3.76. The number of hydrogen-bond donors (Lipinski definition) is 1. The van der Waals surface area contributed by atoms with Gasteiger partial charge in [0.2, 0.25) is 15.9 Å². The van der Waals surface area contributed by atoms with Crippen molar-refractivity contribution in [1.29, 1.82) is 0 Å². The second kappa shape index (κ2) is 7.31. The predicted molar refractivity (Wildman–Crippen MR) is 93.1 cm³/mol. The second-order valence-corrected chi connectivity index (χ2v) is 8.44. The highest BCUT2D eigenvalue weighted by Crippen LogP contribution is 2.34. The minimum Gasteiger partial charge on any atom is -0.495 e. The van der Waals surface area contributed by atoms with Crippen LogP contribution < -0.4 is 9.64 Å². The number of carbonyl (C=O) groups is 1. The zero-order valence-corrected chi connectivity index (χ0v) is 15.2. The van der Waals surface area contributed by atoms with Crippen molar-refractivity contribution in [2.75, 3.05) is 38.3 Å². The van der Waals surface area contributed by atoms with Crippen LogP contribution in [0.25, 0.3) is 0 Å². The minimum absolute atomic E-state index is 0.00633. The lowest BCUT2D eigenvalue weighted by Crippen LogP contribution is -2.41. The number of rotatable bonds is 5. The van der Waals surface area contributed by atoms with Gasteiger partial charge in [0, 0.05) is 38.3 Å². The molecule has 1 N–H and O–H groups in total. The van der Waals surface area contributed by atoms with Gasteiger partial charge in [-0.25, -0.2) is 8.42 Å². The third-order valence-electron chi connectivity index (χ3n) is 4.89. The Morgan fingerprint density at radius 3 is 2.72 bits per heavy atom. The fourth-order valence-corrected chi connectivity index (χ4v) is 5.22. The third kappa shape index (κ3) is 3.51. The number of carbonyl (C=O) groups excluding carboxylic acids is 1. The first-order valence-electron chi connectivity index (χ1n) is 8.56. The van der Waals surface area contributed by atoms with Gasteiger partial charge in [-0.3, -0.25) is 4.79 Å². The molecular formula is C17H24N2O5S. The van der Waals surface area contributed by atoms with Crippen molar-refractivity contribution < 1.29 is 23.1 Å². The summed E-state index contributed by atoms with van der Waals surface area (Å²) in [7, 11) is -2.33. The summed E-state index contributed by atoms with van der Waals surface area (Å²) < 4.78 is 32.9. The van der Waals surface area contributed by atoms with Crippen molar-refractivity contribution in [3.05, 3.63) is 18.2 Å². The highest BCUT2D eigenvalue weighted by molar-refractivity contribution is 7.89. The lowest BCUT2D eigenvalue weighted by molar-refractivity contribution is -0.117. The van der Waals surface area contributed by atoms with E-state index in [4.69, 9.17) is 4.74 Å². The lowest BCUT2D eigenvalue weighted by Gasteiger charge is -2.31. The number of nitrogens with zero attached hydrogens (tertiary/aromatic N) is 2. The number of anilines is 1. The summed E-state index contributed by atoms with van der Waals surface area (Å²) in [6, 6.07) is 4.84. The smallest absolute Gasteiger partial charge is 0.246 e. The van der Waals surface area contributed by atoms with Crippen LogP contribution in [0, 0.1) is 5.92 Å². The van der Waals surface area contributed by atoms with Crippen LogP contribution in [-0.2, 0) is 14.8 Å². The van der Waals surface area contributed by atoms with Crippen LogP contribution in [-0.4, -0.2) is 57.1 Å². The normalized spacial score (nSPS) is 22.4. The number of ether oxygens (including phenoxy) is 1. The monoisotopic (exact) mass is 368 g/mol. The van der Waals surface area contributed by atoms with Gasteiger partial charge >= 0.3 is 0 Å². The first-order chi connectivity index (χ1) is 12.0. The van der Waals surface area contributed by atoms with Crippen LogP contribution in [0.2, 0.25) is 0 Å². The summed E-state index contributed by atoms with van der Waals surface area (Å²) >= 11 is 0. The van der Waals surface area contributed by atoms with Crippen molar-refractivity contribution in [3.8, 4) is 5.75 Å².